The number of nitrogens with one attached hydrogen (secondary N) is 2. The highest BCUT2D eigenvalue weighted by Crippen LogP contribution is 2.26. The van der Waals surface area contributed by atoms with E-state index in [2.05, 4.69) is 62.6 Å². The van der Waals surface area contributed by atoms with Crippen molar-refractivity contribution in [3.8, 4) is 0 Å². The summed E-state index contributed by atoms with van der Waals surface area (Å²) >= 11 is 0. The quantitative estimate of drug-likeness (QED) is 0.0218. The fraction of sp³-hybridized carbons (Fsp3) is 0.891. The van der Waals surface area contributed by atoms with E-state index in [9.17, 15) is 15.0 Å². The van der Waals surface area contributed by atoms with E-state index in [1.54, 1.807) is 6.92 Å². The summed E-state index contributed by atoms with van der Waals surface area (Å²) in [5.41, 5.74) is 0. The largest absolute Gasteiger partial charge is 0.477 e. The predicted molar refractivity (Wildman–Crippen MR) is 228 cm³/mol. The molecular weight excluding hydrogens is 643 g/mol. The van der Waals surface area contributed by atoms with Gasteiger partial charge in [-0.05, 0) is 64.2 Å². The summed E-state index contributed by atoms with van der Waals surface area (Å²) in [5.74, 6) is -0.851. The van der Waals surface area contributed by atoms with Crippen molar-refractivity contribution >= 4 is 5.97 Å². The number of nitrogens with zero attached hydrogens (tertiary/aromatic N) is 1. The lowest BCUT2D eigenvalue weighted by molar-refractivity contribution is -1.01. The molecule has 308 valence electrons. The van der Waals surface area contributed by atoms with Crippen molar-refractivity contribution in [2.75, 3.05) is 19.6 Å². The molecule has 0 amide bonds. The number of hydrogen-bond donors (Lipinski definition) is 4. The number of rotatable bonds is 41. The van der Waals surface area contributed by atoms with Gasteiger partial charge in [0.25, 0.3) is 0 Å². The molecule has 0 bridgehead atoms. The summed E-state index contributed by atoms with van der Waals surface area (Å²) in [4.78, 5) is 12.2. The molecule has 0 fully saturated rings. The first-order chi connectivity index (χ1) is 25.4. The lowest BCUT2D eigenvalue weighted by atomic mass is 10.1. The Morgan fingerprint density at radius 1 is 0.500 bits per heavy atom. The zero-order valence-corrected chi connectivity index (χ0v) is 35.6. The standard InChI is InChI=1S/C46H91N3O3/c1-6-10-12-14-16-18-20-22-24-26-28-30-32-34-36-38-40-47-44(8-3)49(43(5)50,42-46(51)52)45(9-4)48-41-39-37-35-33-31-29-27-25-23-21-19-17-15-13-11-7-2/h22-25,43-45,47-48,50H,6-21,26-42H2,1-5H3/p+1/b24-22-,25-23-. The minimum atomic E-state index is -0.851. The lowest BCUT2D eigenvalue weighted by Gasteiger charge is -2.50. The van der Waals surface area contributed by atoms with Crippen molar-refractivity contribution in [2.45, 2.75) is 246 Å². The fourth-order valence-electron chi connectivity index (χ4n) is 7.92. The highest BCUT2D eigenvalue weighted by atomic mass is 16.4. The Morgan fingerprint density at radius 2 is 0.788 bits per heavy atom. The van der Waals surface area contributed by atoms with Gasteiger partial charge in [0.05, 0.1) is 0 Å². The van der Waals surface area contributed by atoms with Crippen LogP contribution in [0.5, 0.6) is 0 Å². The number of quaternary nitrogens is 1. The van der Waals surface area contributed by atoms with Crippen LogP contribution in [0.25, 0.3) is 0 Å². The Bertz CT molecular complexity index is 763. The molecule has 3 atom stereocenters. The third-order valence-corrected chi connectivity index (χ3v) is 11.2. The molecule has 4 N–H and O–H groups in total. The molecule has 52 heavy (non-hydrogen) atoms. The number of carboxylic acids is 1. The molecule has 0 heterocycles. The second-order valence-electron chi connectivity index (χ2n) is 15.8. The number of allylic oxidation sites excluding steroid dienone is 4. The molecule has 0 rings (SSSR count). The van der Waals surface area contributed by atoms with Gasteiger partial charge in [-0.3, -0.25) is 15.1 Å². The van der Waals surface area contributed by atoms with E-state index >= 15 is 0 Å². The van der Waals surface area contributed by atoms with Gasteiger partial charge in [-0.1, -0.05) is 168 Å². The van der Waals surface area contributed by atoms with Gasteiger partial charge in [-0.2, -0.15) is 0 Å². The van der Waals surface area contributed by atoms with Crippen molar-refractivity contribution in [1.29, 1.82) is 0 Å². The molecule has 0 saturated heterocycles. The molecule has 3 unspecified atom stereocenters. The van der Waals surface area contributed by atoms with Gasteiger partial charge >= 0.3 is 5.97 Å². The summed E-state index contributed by atoms with van der Waals surface area (Å²) in [6.45, 7) is 12.2. The van der Waals surface area contributed by atoms with Crippen LogP contribution in [0.4, 0.5) is 0 Å². The van der Waals surface area contributed by atoms with Gasteiger partial charge in [0.1, 0.15) is 12.3 Å². The molecule has 0 aliphatic heterocycles. The van der Waals surface area contributed by atoms with Gasteiger partial charge in [0.2, 0.25) is 0 Å². The summed E-state index contributed by atoms with van der Waals surface area (Å²) in [7, 11) is 0. The van der Waals surface area contributed by atoms with Crippen LogP contribution in [0.3, 0.4) is 0 Å². The third-order valence-electron chi connectivity index (χ3n) is 11.2. The zero-order chi connectivity index (χ0) is 38.4. The Morgan fingerprint density at radius 3 is 1.06 bits per heavy atom. The average molecular weight is 735 g/mol. The predicted octanol–water partition coefficient (Wildman–Crippen LogP) is 13.0. The lowest BCUT2D eigenvalue weighted by Crippen LogP contribution is -2.74. The maximum Gasteiger partial charge on any atom is 0.359 e. The monoisotopic (exact) mass is 735 g/mol. The van der Waals surface area contributed by atoms with Crippen LogP contribution in [-0.2, 0) is 4.79 Å². The van der Waals surface area contributed by atoms with Crippen LogP contribution in [0.2, 0.25) is 0 Å². The highest BCUT2D eigenvalue weighted by Gasteiger charge is 2.47. The van der Waals surface area contributed by atoms with Gasteiger partial charge in [-0.15, -0.1) is 0 Å². The summed E-state index contributed by atoms with van der Waals surface area (Å²) in [5, 5.41) is 28.7. The van der Waals surface area contributed by atoms with Crippen molar-refractivity contribution in [1.82, 2.24) is 10.6 Å². The van der Waals surface area contributed by atoms with E-state index in [0.717, 1.165) is 38.8 Å². The highest BCUT2D eigenvalue weighted by molar-refractivity contribution is 5.68. The molecule has 6 nitrogen and oxygen atoms in total. The smallest absolute Gasteiger partial charge is 0.359 e. The van der Waals surface area contributed by atoms with E-state index in [1.165, 1.54) is 167 Å². The van der Waals surface area contributed by atoms with E-state index in [0.29, 0.717) is 0 Å². The maximum atomic E-state index is 12.2. The maximum absolute atomic E-state index is 12.2. The third kappa shape index (κ3) is 27.4. The Hall–Kier alpha value is -1.21. The number of aliphatic hydroxyl groups excluding tert-OH is 1. The molecule has 0 radical (unpaired) electrons. The average Bonchev–Trinajstić information content (AvgIpc) is 3.13. The molecule has 0 aromatic carbocycles. The van der Waals surface area contributed by atoms with Crippen LogP contribution >= 0.6 is 0 Å². The van der Waals surface area contributed by atoms with Gasteiger partial charge in [0.15, 0.2) is 12.8 Å². The molecule has 0 aliphatic carbocycles. The minimum Gasteiger partial charge on any atom is -0.477 e. The molecular formula is C46H92N3O3+. The Kier molecular flexibility index (Phi) is 37.2. The van der Waals surface area contributed by atoms with E-state index in [1.807, 2.05) is 0 Å². The van der Waals surface area contributed by atoms with Crippen LogP contribution in [0, 0.1) is 0 Å². The first kappa shape index (κ1) is 50.8. The molecule has 0 aromatic heterocycles. The molecule has 0 aromatic rings. The van der Waals surface area contributed by atoms with Gasteiger partial charge < -0.3 is 10.2 Å². The number of unbranched alkanes of at least 4 members (excludes halogenated alkanes) is 24. The number of aliphatic hydroxyl groups is 1. The summed E-state index contributed by atoms with van der Waals surface area (Å²) < 4.78 is 0.126. The second-order valence-corrected chi connectivity index (χ2v) is 15.8. The van der Waals surface area contributed by atoms with Gasteiger partial charge in [0, 0.05) is 32.9 Å². The molecule has 0 saturated carbocycles. The SMILES string of the molecule is CCCCCCCC/C=C\CCCCCCCCNC(CC)[N+](CC(=O)O)(C(C)O)C(CC)NCCCCCCCC/C=C\CCCCCCCC. The first-order valence-electron chi connectivity index (χ1n) is 22.9. The zero-order valence-electron chi connectivity index (χ0n) is 35.6. The minimum absolute atomic E-state index is 0.0878. The second kappa shape index (κ2) is 38.1. The van der Waals surface area contributed by atoms with Crippen molar-refractivity contribution in [3.05, 3.63) is 24.3 Å². The van der Waals surface area contributed by atoms with Crippen molar-refractivity contribution < 1.29 is 19.5 Å². The Balaban J connectivity index is 4.40. The summed E-state index contributed by atoms with van der Waals surface area (Å²) in [6, 6.07) is 0. The summed E-state index contributed by atoms with van der Waals surface area (Å²) in [6.07, 6.45) is 46.3. The van der Waals surface area contributed by atoms with Crippen molar-refractivity contribution in [2.24, 2.45) is 0 Å². The normalized spacial score (nSPS) is 15.0. The van der Waals surface area contributed by atoms with E-state index < -0.39 is 12.2 Å². The van der Waals surface area contributed by atoms with E-state index in [4.69, 9.17) is 0 Å². The number of carbonyl (C=O) groups is 1. The number of hydrogen-bond acceptors (Lipinski definition) is 4. The van der Waals surface area contributed by atoms with Crippen molar-refractivity contribution in [3.63, 3.8) is 0 Å². The van der Waals surface area contributed by atoms with Crippen LogP contribution in [-0.4, -0.2) is 58.9 Å². The van der Waals surface area contributed by atoms with Gasteiger partial charge in [-0.25, -0.2) is 4.79 Å². The number of aliphatic carboxylic acids is 1. The van der Waals surface area contributed by atoms with Crippen LogP contribution in [0.1, 0.15) is 227 Å². The topological polar surface area (TPSA) is 81.6 Å². The number of carboxylic acid groups (broad SMARTS) is 1. The Labute approximate surface area is 325 Å². The fourth-order valence-corrected chi connectivity index (χ4v) is 7.92. The van der Waals surface area contributed by atoms with E-state index in [-0.39, 0.29) is 23.4 Å². The molecule has 6 heteroatoms. The van der Waals surface area contributed by atoms with Crippen LogP contribution in [0.15, 0.2) is 24.3 Å². The first-order valence-corrected chi connectivity index (χ1v) is 22.9. The molecule has 0 spiro atoms. The van der Waals surface area contributed by atoms with Crippen LogP contribution < -0.4 is 10.6 Å². The molecule has 0 aliphatic rings.